The van der Waals surface area contributed by atoms with Gasteiger partial charge in [-0.2, -0.15) is 0 Å². The molecule has 2 heterocycles. The van der Waals surface area contributed by atoms with E-state index in [2.05, 4.69) is 15.5 Å². The summed E-state index contributed by atoms with van der Waals surface area (Å²) in [5.74, 6) is 0.816. The van der Waals surface area contributed by atoms with Crippen molar-refractivity contribution in [2.24, 2.45) is 0 Å². The Hall–Kier alpha value is -1.72. The number of benzene rings is 1. The van der Waals surface area contributed by atoms with Crippen molar-refractivity contribution in [1.82, 2.24) is 15.5 Å². The van der Waals surface area contributed by atoms with Crippen LogP contribution in [-0.2, 0) is 6.42 Å². The second kappa shape index (κ2) is 5.58. The van der Waals surface area contributed by atoms with Crippen LogP contribution in [0, 0.1) is 0 Å². The van der Waals surface area contributed by atoms with E-state index in [1.807, 2.05) is 30.3 Å². The Bertz CT molecular complexity index is 712. The van der Waals surface area contributed by atoms with Crippen LogP contribution >= 0.6 is 11.3 Å². The largest absolute Gasteiger partial charge is 0.453 e. The van der Waals surface area contributed by atoms with Gasteiger partial charge in [-0.3, -0.25) is 0 Å². The summed E-state index contributed by atoms with van der Waals surface area (Å²) in [6.07, 6.45) is 4.78. The Morgan fingerprint density at radius 2 is 2.14 bits per heavy atom. The van der Waals surface area contributed by atoms with Crippen molar-refractivity contribution in [2.45, 2.75) is 31.7 Å². The van der Waals surface area contributed by atoms with Gasteiger partial charge in [0, 0.05) is 17.8 Å². The molecule has 1 aliphatic rings. The standard InChI is InChI=1S/C16H17N3OS/c1-2-5-13-11(4-1)10-14(20-13)16-19-18-15(21-16)6-3-9-17-12-7-8-12/h1-2,4-5,10,12,17H,3,6-9H2. The SMILES string of the molecule is c1ccc2oc(-c3nnc(CCCNC4CC4)s3)cc2c1. The first-order chi connectivity index (χ1) is 10.4. The molecule has 0 saturated heterocycles. The number of nitrogens with zero attached hydrogens (tertiary/aromatic N) is 2. The quantitative estimate of drug-likeness (QED) is 0.706. The minimum atomic E-state index is 0.783. The molecule has 3 aromatic rings. The molecule has 0 aliphatic heterocycles. The van der Waals surface area contributed by atoms with Crippen molar-refractivity contribution >= 4 is 22.3 Å². The van der Waals surface area contributed by atoms with Gasteiger partial charge in [0.1, 0.15) is 10.6 Å². The van der Waals surface area contributed by atoms with E-state index < -0.39 is 0 Å². The molecule has 4 nitrogen and oxygen atoms in total. The lowest BCUT2D eigenvalue weighted by molar-refractivity contribution is 0.629. The monoisotopic (exact) mass is 299 g/mol. The molecule has 0 unspecified atom stereocenters. The Labute approximate surface area is 127 Å². The summed E-state index contributed by atoms with van der Waals surface area (Å²) in [5.41, 5.74) is 0.901. The van der Waals surface area contributed by atoms with Crippen molar-refractivity contribution in [3.8, 4) is 10.8 Å². The van der Waals surface area contributed by atoms with Crippen molar-refractivity contribution in [3.63, 3.8) is 0 Å². The van der Waals surface area contributed by atoms with Gasteiger partial charge in [0.25, 0.3) is 0 Å². The third kappa shape index (κ3) is 2.99. The van der Waals surface area contributed by atoms with Gasteiger partial charge in [0.05, 0.1) is 0 Å². The van der Waals surface area contributed by atoms with Crippen LogP contribution in [0.1, 0.15) is 24.3 Å². The molecular formula is C16H17N3OS. The topological polar surface area (TPSA) is 51.0 Å². The number of rotatable bonds is 6. The zero-order valence-electron chi connectivity index (χ0n) is 11.7. The number of nitrogens with one attached hydrogen (secondary N) is 1. The third-order valence-electron chi connectivity index (χ3n) is 3.68. The summed E-state index contributed by atoms with van der Waals surface area (Å²) in [6, 6.07) is 10.8. The molecule has 4 rings (SSSR count). The second-order valence-corrected chi connectivity index (χ2v) is 6.54. The zero-order valence-corrected chi connectivity index (χ0v) is 12.5. The van der Waals surface area contributed by atoms with Gasteiger partial charge < -0.3 is 9.73 Å². The zero-order chi connectivity index (χ0) is 14.1. The molecule has 1 aromatic carbocycles. The maximum absolute atomic E-state index is 5.83. The Morgan fingerprint density at radius 1 is 1.24 bits per heavy atom. The normalized spacial score (nSPS) is 14.9. The Morgan fingerprint density at radius 3 is 3.00 bits per heavy atom. The number of para-hydroxylation sites is 1. The van der Waals surface area contributed by atoms with Crippen LogP contribution in [0.5, 0.6) is 0 Å². The number of hydrogen-bond donors (Lipinski definition) is 1. The highest BCUT2D eigenvalue weighted by molar-refractivity contribution is 7.14. The van der Waals surface area contributed by atoms with Crippen molar-refractivity contribution in [1.29, 1.82) is 0 Å². The van der Waals surface area contributed by atoms with Gasteiger partial charge in [-0.05, 0) is 37.9 Å². The van der Waals surface area contributed by atoms with Crippen LogP contribution in [0.4, 0.5) is 0 Å². The number of aromatic nitrogens is 2. The van der Waals surface area contributed by atoms with Gasteiger partial charge in [0.2, 0.25) is 0 Å². The van der Waals surface area contributed by atoms with E-state index in [0.717, 1.165) is 52.2 Å². The molecule has 21 heavy (non-hydrogen) atoms. The number of hydrogen-bond acceptors (Lipinski definition) is 5. The molecule has 0 amide bonds. The summed E-state index contributed by atoms with van der Waals surface area (Å²) in [4.78, 5) is 0. The van der Waals surface area contributed by atoms with Gasteiger partial charge in [-0.25, -0.2) is 0 Å². The van der Waals surface area contributed by atoms with E-state index in [4.69, 9.17) is 4.42 Å². The molecule has 0 atom stereocenters. The smallest absolute Gasteiger partial charge is 0.183 e. The predicted octanol–water partition coefficient (Wildman–Crippen LogP) is 3.64. The molecule has 0 bridgehead atoms. The molecule has 0 radical (unpaired) electrons. The molecule has 2 aromatic heterocycles. The fourth-order valence-corrected chi connectivity index (χ4v) is 3.21. The van der Waals surface area contributed by atoms with E-state index in [-0.39, 0.29) is 0 Å². The first-order valence-electron chi connectivity index (χ1n) is 7.43. The summed E-state index contributed by atoms with van der Waals surface area (Å²) in [6.45, 7) is 1.07. The van der Waals surface area contributed by atoms with Crippen LogP contribution < -0.4 is 5.32 Å². The van der Waals surface area contributed by atoms with E-state index in [0.29, 0.717) is 0 Å². The summed E-state index contributed by atoms with van der Waals surface area (Å²) < 4.78 is 5.83. The average Bonchev–Trinajstić information content (AvgIpc) is 3.04. The molecule has 108 valence electrons. The molecular weight excluding hydrogens is 282 g/mol. The van der Waals surface area contributed by atoms with Crippen LogP contribution in [-0.4, -0.2) is 22.8 Å². The van der Waals surface area contributed by atoms with Gasteiger partial charge in [-0.15, -0.1) is 10.2 Å². The lowest BCUT2D eigenvalue weighted by Crippen LogP contribution is -2.17. The maximum atomic E-state index is 5.83. The molecule has 1 fully saturated rings. The first kappa shape index (κ1) is 13.0. The van der Waals surface area contributed by atoms with E-state index in [9.17, 15) is 0 Å². The van der Waals surface area contributed by atoms with Gasteiger partial charge in [0.15, 0.2) is 10.8 Å². The summed E-state index contributed by atoms with van der Waals surface area (Å²) in [7, 11) is 0. The molecule has 1 saturated carbocycles. The lowest BCUT2D eigenvalue weighted by Gasteiger charge is -1.99. The van der Waals surface area contributed by atoms with Crippen LogP contribution in [0.3, 0.4) is 0 Å². The van der Waals surface area contributed by atoms with Crippen LogP contribution in [0.25, 0.3) is 21.7 Å². The van der Waals surface area contributed by atoms with Crippen LogP contribution in [0.15, 0.2) is 34.7 Å². The number of furan rings is 1. The maximum Gasteiger partial charge on any atom is 0.183 e. The van der Waals surface area contributed by atoms with Gasteiger partial charge in [-0.1, -0.05) is 29.5 Å². The summed E-state index contributed by atoms with van der Waals surface area (Å²) in [5, 5.41) is 15.1. The van der Waals surface area contributed by atoms with Crippen molar-refractivity contribution < 1.29 is 4.42 Å². The van der Waals surface area contributed by atoms with E-state index >= 15 is 0 Å². The lowest BCUT2D eigenvalue weighted by atomic mass is 10.2. The highest BCUT2D eigenvalue weighted by Gasteiger charge is 2.19. The number of aryl methyl sites for hydroxylation is 1. The minimum Gasteiger partial charge on any atom is -0.453 e. The Balaban J connectivity index is 1.42. The first-order valence-corrected chi connectivity index (χ1v) is 8.25. The number of fused-ring (bicyclic) bond motifs is 1. The average molecular weight is 299 g/mol. The van der Waals surface area contributed by atoms with E-state index in [1.165, 1.54) is 12.8 Å². The molecule has 1 N–H and O–H groups in total. The molecule has 0 spiro atoms. The van der Waals surface area contributed by atoms with Crippen LogP contribution in [0.2, 0.25) is 0 Å². The fraction of sp³-hybridized carbons (Fsp3) is 0.375. The highest BCUT2D eigenvalue weighted by Crippen LogP contribution is 2.30. The predicted molar refractivity (Wildman–Crippen MR) is 84.5 cm³/mol. The molecule has 1 aliphatic carbocycles. The fourth-order valence-electron chi connectivity index (χ4n) is 2.37. The minimum absolute atomic E-state index is 0.783. The second-order valence-electron chi connectivity index (χ2n) is 5.48. The summed E-state index contributed by atoms with van der Waals surface area (Å²) >= 11 is 1.63. The van der Waals surface area contributed by atoms with Crippen molar-refractivity contribution in [2.75, 3.05) is 6.54 Å². The Kier molecular flexibility index (Phi) is 3.45. The highest BCUT2D eigenvalue weighted by atomic mass is 32.1. The van der Waals surface area contributed by atoms with E-state index in [1.54, 1.807) is 11.3 Å². The third-order valence-corrected chi connectivity index (χ3v) is 4.68. The van der Waals surface area contributed by atoms with Gasteiger partial charge >= 0.3 is 0 Å². The molecule has 5 heteroatoms. The van der Waals surface area contributed by atoms with Crippen molar-refractivity contribution in [3.05, 3.63) is 35.3 Å².